The number of amides is 1. The lowest BCUT2D eigenvalue weighted by atomic mass is 10.2. The molecule has 0 aliphatic carbocycles. The Bertz CT molecular complexity index is 787. The molecule has 0 saturated carbocycles. The molecule has 3 aromatic heterocycles. The summed E-state index contributed by atoms with van der Waals surface area (Å²) in [5, 5.41) is 2.88. The third-order valence-corrected chi connectivity index (χ3v) is 3.61. The summed E-state index contributed by atoms with van der Waals surface area (Å²) < 4.78 is 0.894. The Morgan fingerprint density at radius 1 is 1.32 bits per heavy atom. The molecule has 0 radical (unpaired) electrons. The average Bonchev–Trinajstić information content (AvgIpc) is 2.94. The number of halogens is 1. The molecule has 3 heterocycles. The zero-order valence-corrected chi connectivity index (χ0v) is 13.3. The van der Waals surface area contributed by atoms with E-state index in [4.69, 9.17) is 0 Å². The zero-order valence-electron chi connectivity index (χ0n) is 11.7. The topological polar surface area (TPSA) is 83.6 Å². The van der Waals surface area contributed by atoms with Crippen molar-refractivity contribution in [2.75, 3.05) is 0 Å². The molecule has 0 aliphatic heterocycles. The number of carbonyl (C=O) groups excluding carboxylic acids is 1. The Hall–Kier alpha value is -2.28. The number of nitrogens with one attached hydrogen (secondary N) is 2. The first-order valence-electron chi connectivity index (χ1n) is 6.86. The van der Waals surface area contributed by atoms with Gasteiger partial charge in [0.25, 0.3) is 0 Å². The van der Waals surface area contributed by atoms with Crippen LogP contribution in [0.4, 0.5) is 0 Å². The molecule has 0 atom stereocenters. The first kappa shape index (κ1) is 14.6. The predicted octanol–water partition coefficient (Wildman–Crippen LogP) is 2.36. The number of nitrogens with zero attached hydrogens (tertiary/aromatic N) is 3. The molecule has 0 unspecified atom stereocenters. The lowest BCUT2D eigenvalue weighted by molar-refractivity contribution is -0.121. The Kier molecular flexibility index (Phi) is 4.43. The zero-order chi connectivity index (χ0) is 15.4. The highest BCUT2D eigenvalue weighted by Crippen LogP contribution is 2.15. The largest absolute Gasteiger partial charge is 0.352 e. The number of fused-ring (bicyclic) bond motifs is 1. The first-order valence-corrected chi connectivity index (χ1v) is 7.66. The number of carbonyl (C=O) groups is 1. The summed E-state index contributed by atoms with van der Waals surface area (Å²) in [5.41, 5.74) is 2.55. The molecule has 0 aromatic carbocycles. The third kappa shape index (κ3) is 3.67. The normalized spacial score (nSPS) is 10.8. The number of hydrogen-bond acceptors (Lipinski definition) is 4. The lowest BCUT2D eigenvalue weighted by Gasteiger charge is -2.04. The molecule has 0 fully saturated rings. The highest BCUT2D eigenvalue weighted by atomic mass is 79.9. The van der Waals surface area contributed by atoms with Crippen LogP contribution in [-0.4, -0.2) is 25.8 Å². The van der Waals surface area contributed by atoms with E-state index in [0.717, 1.165) is 21.4 Å². The van der Waals surface area contributed by atoms with Crippen LogP contribution in [0.15, 0.2) is 41.3 Å². The second kappa shape index (κ2) is 6.65. The number of H-pyrrole nitrogens is 1. The van der Waals surface area contributed by atoms with Gasteiger partial charge in [-0.2, -0.15) is 0 Å². The van der Waals surface area contributed by atoms with Crippen molar-refractivity contribution in [2.45, 2.75) is 19.4 Å². The van der Waals surface area contributed by atoms with Crippen molar-refractivity contribution in [3.63, 3.8) is 0 Å². The van der Waals surface area contributed by atoms with Crippen molar-refractivity contribution < 1.29 is 4.79 Å². The van der Waals surface area contributed by atoms with Crippen LogP contribution in [0, 0.1) is 0 Å². The Morgan fingerprint density at radius 3 is 2.95 bits per heavy atom. The first-order chi connectivity index (χ1) is 10.7. The second-order valence-corrected chi connectivity index (χ2v) is 5.76. The van der Waals surface area contributed by atoms with Crippen LogP contribution in [0.5, 0.6) is 0 Å². The van der Waals surface area contributed by atoms with E-state index in [9.17, 15) is 4.79 Å². The number of aromatic amines is 1. The fraction of sp³-hybridized carbons (Fsp3) is 0.200. The van der Waals surface area contributed by atoms with Crippen LogP contribution in [0.2, 0.25) is 0 Å². The smallest absolute Gasteiger partial charge is 0.220 e. The van der Waals surface area contributed by atoms with Gasteiger partial charge in [-0.05, 0) is 39.7 Å². The van der Waals surface area contributed by atoms with Gasteiger partial charge in [-0.15, -0.1) is 0 Å². The molecule has 6 nitrogen and oxygen atoms in total. The van der Waals surface area contributed by atoms with Crippen molar-refractivity contribution in [1.29, 1.82) is 0 Å². The van der Waals surface area contributed by atoms with Gasteiger partial charge in [-0.1, -0.05) is 0 Å². The Balaban J connectivity index is 1.53. The molecule has 1 amide bonds. The average molecular weight is 360 g/mol. The molecule has 3 aromatic rings. The quantitative estimate of drug-likeness (QED) is 0.732. The maximum Gasteiger partial charge on any atom is 0.220 e. The van der Waals surface area contributed by atoms with Crippen molar-refractivity contribution >= 4 is 33.0 Å². The number of imidazole rings is 1. The molecule has 2 N–H and O–H groups in total. The summed E-state index contributed by atoms with van der Waals surface area (Å²) in [6.07, 6.45) is 6.05. The van der Waals surface area contributed by atoms with E-state index in [1.54, 1.807) is 18.6 Å². The minimum atomic E-state index is -0.00796. The van der Waals surface area contributed by atoms with E-state index in [2.05, 4.69) is 41.2 Å². The van der Waals surface area contributed by atoms with Gasteiger partial charge in [0.15, 0.2) is 5.65 Å². The van der Waals surface area contributed by atoms with Gasteiger partial charge < -0.3 is 10.3 Å². The molecular formula is C15H14BrN5O. The highest BCUT2D eigenvalue weighted by molar-refractivity contribution is 9.10. The van der Waals surface area contributed by atoms with Crippen LogP contribution < -0.4 is 5.32 Å². The fourth-order valence-corrected chi connectivity index (χ4v) is 2.40. The van der Waals surface area contributed by atoms with Gasteiger partial charge in [-0.25, -0.2) is 9.97 Å². The molecule has 7 heteroatoms. The second-order valence-electron chi connectivity index (χ2n) is 4.84. The summed E-state index contributed by atoms with van der Waals surface area (Å²) in [4.78, 5) is 27.6. The molecule has 112 valence electrons. The maximum atomic E-state index is 11.9. The van der Waals surface area contributed by atoms with E-state index >= 15 is 0 Å². The van der Waals surface area contributed by atoms with Crippen molar-refractivity contribution in [3.8, 4) is 0 Å². The number of rotatable bonds is 5. The van der Waals surface area contributed by atoms with E-state index in [0.29, 0.717) is 25.0 Å². The summed E-state index contributed by atoms with van der Waals surface area (Å²) >= 11 is 3.37. The molecule has 3 rings (SSSR count). The molecule has 0 spiro atoms. The number of aromatic nitrogens is 4. The van der Waals surface area contributed by atoms with Gasteiger partial charge in [0, 0.05) is 42.4 Å². The van der Waals surface area contributed by atoms with Crippen LogP contribution in [0.1, 0.15) is 17.8 Å². The SMILES string of the molecule is O=C(CCc1nc2ncc(Br)cc2[nH]1)NCc1ccncc1. The van der Waals surface area contributed by atoms with Gasteiger partial charge in [0.1, 0.15) is 5.82 Å². The van der Waals surface area contributed by atoms with E-state index in [1.807, 2.05) is 18.2 Å². The van der Waals surface area contributed by atoms with Crippen molar-refractivity contribution in [3.05, 3.63) is 52.7 Å². The summed E-state index contributed by atoms with van der Waals surface area (Å²) in [6, 6.07) is 5.68. The van der Waals surface area contributed by atoms with Gasteiger partial charge in [0.2, 0.25) is 5.91 Å². The van der Waals surface area contributed by atoms with E-state index < -0.39 is 0 Å². The number of pyridine rings is 2. The monoisotopic (exact) mass is 359 g/mol. The molecule has 22 heavy (non-hydrogen) atoms. The van der Waals surface area contributed by atoms with Crippen molar-refractivity contribution in [1.82, 2.24) is 25.3 Å². The number of hydrogen-bond donors (Lipinski definition) is 2. The van der Waals surface area contributed by atoms with Crippen LogP contribution >= 0.6 is 15.9 Å². The minimum Gasteiger partial charge on any atom is -0.352 e. The highest BCUT2D eigenvalue weighted by Gasteiger charge is 2.07. The molecule has 0 aliphatic rings. The third-order valence-electron chi connectivity index (χ3n) is 3.18. The number of aryl methyl sites for hydroxylation is 1. The minimum absolute atomic E-state index is 0.00796. The predicted molar refractivity (Wildman–Crippen MR) is 86.0 cm³/mol. The molecule has 0 bridgehead atoms. The Labute approximate surface area is 135 Å². The maximum absolute atomic E-state index is 11.9. The molecule has 0 saturated heterocycles. The van der Waals surface area contributed by atoms with E-state index in [1.165, 1.54) is 0 Å². The van der Waals surface area contributed by atoms with Crippen molar-refractivity contribution in [2.24, 2.45) is 0 Å². The van der Waals surface area contributed by atoms with Gasteiger partial charge in [-0.3, -0.25) is 9.78 Å². The summed E-state index contributed by atoms with van der Waals surface area (Å²) in [6.45, 7) is 0.510. The Morgan fingerprint density at radius 2 is 2.14 bits per heavy atom. The standard InChI is InChI=1S/C15H14BrN5O/c16-11-7-12-15(19-9-11)21-13(20-12)1-2-14(22)18-8-10-3-5-17-6-4-10/h3-7,9H,1-2,8H2,(H,18,22)(H,19,20,21). The van der Waals surface area contributed by atoms with Gasteiger partial charge >= 0.3 is 0 Å². The fourth-order valence-electron chi connectivity index (χ4n) is 2.06. The molecular weight excluding hydrogens is 346 g/mol. The summed E-state index contributed by atoms with van der Waals surface area (Å²) in [7, 11) is 0. The van der Waals surface area contributed by atoms with E-state index in [-0.39, 0.29) is 5.91 Å². The van der Waals surface area contributed by atoms with Crippen LogP contribution in [0.3, 0.4) is 0 Å². The van der Waals surface area contributed by atoms with Crippen LogP contribution in [-0.2, 0) is 17.8 Å². The van der Waals surface area contributed by atoms with Gasteiger partial charge in [0.05, 0.1) is 5.52 Å². The lowest BCUT2D eigenvalue weighted by Crippen LogP contribution is -2.23. The van der Waals surface area contributed by atoms with Crippen LogP contribution in [0.25, 0.3) is 11.2 Å². The summed E-state index contributed by atoms with van der Waals surface area (Å²) in [5.74, 6) is 0.756.